The van der Waals surface area contributed by atoms with Crippen LogP contribution in [0.3, 0.4) is 0 Å². The van der Waals surface area contributed by atoms with Crippen LogP contribution >= 0.6 is 0 Å². The molecule has 0 N–H and O–H groups in total. The van der Waals surface area contributed by atoms with E-state index in [1.165, 1.54) is 24.3 Å². The Bertz CT molecular complexity index is 1270. The third kappa shape index (κ3) is 5.14. The average Bonchev–Trinajstić information content (AvgIpc) is 2.75. The molecule has 1 aromatic heterocycles. The minimum Gasteiger partial charge on any atom is -0.494 e. The lowest BCUT2D eigenvalue weighted by Gasteiger charge is -2.13. The standard InChI is InChI=1S/C22H22N2O7S/c1-4-29-17-10-12-18(13-11-17)32(27,28)31-19-14-20(25)24(16-8-6-15(3)7-9-16)23-21(19)22(26)30-5-2/h6-14H,4-5H2,1-3H3. The molecule has 10 heteroatoms. The molecule has 2 aromatic carbocycles. The van der Waals surface area contributed by atoms with Gasteiger partial charge < -0.3 is 13.7 Å². The van der Waals surface area contributed by atoms with Crippen molar-refractivity contribution in [3.8, 4) is 17.2 Å². The van der Waals surface area contributed by atoms with Gasteiger partial charge >= 0.3 is 16.1 Å². The minimum atomic E-state index is -4.37. The smallest absolute Gasteiger partial charge is 0.362 e. The summed E-state index contributed by atoms with van der Waals surface area (Å²) in [6, 6.07) is 13.3. The van der Waals surface area contributed by atoms with Crippen LogP contribution in [0.25, 0.3) is 5.69 Å². The van der Waals surface area contributed by atoms with Crippen molar-refractivity contribution in [2.24, 2.45) is 0 Å². The highest BCUT2D eigenvalue weighted by atomic mass is 32.2. The Morgan fingerprint density at radius 2 is 1.66 bits per heavy atom. The van der Waals surface area contributed by atoms with E-state index < -0.39 is 33.1 Å². The van der Waals surface area contributed by atoms with Crippen LogP contribution in [0.4, 0.5) is 0 Å². The predicted octanol–water partition coefficient (Wildman–Crippen LogP) is 2.88. The van der Waals surface area contributed by atoms with Gasteiger partial charge in [0.25, 0.3) is 5.56 Å². The van der Waals surface area contributed by atoms with Gasteiger partial charge in [-0.25, -0.2) is 4.79 Å². The third-order valence-electron chi connectivity index (χ3n) is 4.27. The number of benzene rings is 2. The first kappa shape index (κ1) is 23.0. The van der Waals surface area contributed by atoms with E-state index in [2.05, 4.69) is 5.10 Å². The van der Waals surface area contributed by atoms with Crippen LogP contribution in [0.1, 0.15) is 29.9 Å². The Morgan fingerprint density at radius 1 is 1.00 bits per heavy atom. The van der Waals surface area contributed by atoms with Crippen LogP contribution in [-0.2, 0) is 14.9 Å². The van der Waals surface area contributed by atoms with Crippen molar-refractivity contribution in [1.82, 2.24) is 9.78 Å². The van der Waals surface area contributed by atoms with Gasteiger partial charge in [-0.3, -0.25) is 4.79 Å². The highest BCUT2D eigenvalue weighted by Gasteiger charge is 2.25. The summed E-state index contributed by atoms with van der Waals surface area (Å²) in [5.74, 6) is -0.961. The summed E-state index contributed by atoms with van der Waals surface area (Å²) in [6.07, 6.45) is 0. The van der Waals surface area contributed by atoms with Crippen molar-refractivity contribution in [2.45, 2.75) is 25.7 Å². The number of hydrogen-bond donors (Lipinski definition) is 0. The maximum Gasteiger partial charge on any atom is 0.362 e. The zero-order valence-electron chi connectivity index (χ0n) is 17.8. The van der Waals surface area contributed by atoms with Crippen LogP contribution in [-0.4, -0.2) is 37.4 Å². The lowest BCUT2D eigenvalue weighted by Crippen LogP contribution is -2.26. The molecule has 1 heterocycles. The molecule has 9 nitrogen and oxygen atoms in total. The maximum absolute atomic E-state index is 12.8. The first-order valence-electron chi connectivity index (χ1n) is 9.81. The first-order chi connectivity index (χ1) is 15.2. The number of esters is 1. The van der Waals surface area contributed by atoms with E-state index in [0.717, 1.165) is 16.3 Å². The number of aryl methyl sites for hydroxylation is 1. The normalized spacial score (nSPS) is 11.1. The fourth-order valence-electron chi connectivity index (χ4n) is 2.75. The molecule has 168 valence electrons. The predicted molar refractivity (Wildman–Crippen MR) is 116 cm³/mol. The fourth-order valence-corrected chi connectivity index (χ4v) is 3.68. The second kappa shape index (κ2) is 9.65. The molecular weight excluding hydrogens is 436 g/mol. The Balaban J connectivity index is 2.04. The van der Waals surface area contributed by atoms with Crippen LogP contribution in [0, 0.1) is 6.92 Å². The summed E-state index contributed by atoms with van der Waals surface area (Å²) in [7, 11) is -4.37. The summed E-state index contributed by atoms with van der Waals surface area (Å²) in [5, 5.41) is 4.03. The van der Waals surface area contributed by atoms with Crippen molar-refractivity contribution in [3.05, 3.63) is 76.2 Å². The highest BCUT2D eigenvalue weighted by molar-refractivity contribution is 7.87. The van der Waals surface area contributed by atoms with E-state index >= 15 is 0 Å². The zero-order valence-corrected chi connectivity index (χ0v) is 18.6. The van der Waals surface area contributed by atoms with Gasteiger partial charge in [0.05, 0.1) is 25.0 Å². The quantitative estimate of drug-likeness (QED) is 0.374. The van der Waals surface area contributed by atoms with Gasteiger partial charge in [0.2, 0.25) is 5.69 Å². The van der Waals surface area contributed by atoms with E-state index in [0.29, 0.717) is 18.0 Å². The van der Waals surface area contributed by atoms with Gasteiger partial charge in [-0.1, -0.05) is 17.7 Å². The number of ether oxygens (including phenoxy) is 2. The summed E-state index contributed by atoms with van der Waals surface area (Å²) in [4.78, 5) is 24.9. The summed E-state index contributed by atoms with van der Waals surface area (Å²) in [5.41, 5.74) is 0.237. The molecule has 3 rings (SSSR count). The van der Waals surface area contributed by atoms with Gasteiger partial charge in [-0.2, -0.15) is 18.2 Å². The molecule has 0 fully saturated rings. The molecule has 0 aliphatic rings. The van der Waals surface area contributed by atoms with Crippen molar-refractivity contribution in [3.63, 3.8) is 0 Å². The van der Waals surface area contributed by atoms with Gasteiger partial charge in [-0.15, -0.1) is 0 Å². The van der Waals surface area contributed by atoms with Crippen molar-refractivity contribution in [2.75, 3.05) is 13.2 Å². The van der Waals surface area contributed by atoms with E-state index in [1.54, 1.807) is 38.1 Å². The Morgan fingerprint density at radius 3 is 2.25 bits per heavy atom. The van der Waals surface area contributed by atoms with E-state index in [-0.39, 0.29) is 11.5 Å². The molecule has 0 saturated heterocycles. The molecule has 0 unspecified atom stereocenters. The zero-order chi connectivity index (χ0) is 23.3. The van der Waals surface area contributed by atoms with Gasteiger partial charge in [0.1, 0.15) is 10.6 Å². The number of carbonyl (C=O) groups is 1. The SMILES string of the molecule is CCOC(=O)c1nn(-c2ccc(C)cc2)c(=O)cc1OS(=O)(=O)c1ccc(OCC)cc1. The van der Waals surface area contributed by atoms with E-state index in [4.69, 9.17) is 13.7 Å². The van der Waals surface area contributed by atoms with Gasteiger partial charge in [0.15, 0.2) is 5.75 Å². The number of carbonyl (C=O) groups excluding carboxylic acids is 1. The number of rotatable bonds is 8. The molecule has 3 aromatic rings. The maximum atomic E-state index is 12.8. The molecular formula is C22H22N2O7S. The number of nitrogens with zero attached hydrogens (tertiary/aromatic N) is 2. The van der Waals surface area contributed by atoms with E-state index in [1.807, 2.05) is 6.92 Å². The Labute approximate surface area is 185 Å². The van der Waals surface area contributed by atoms with Gasteiger partial charge in [0, 0.05) is 0 Å². The molecule has 0 amide bonds. The summed E-state index contributed by atoms with van der Waals surface area (Å²) >= 11 is 0. The lowest BCUT2D eigenvalue weighted by atomic mass is 10.2. The number of aromatic nitrogens is 2. The largest absolute Gasteiger partial charge is 0.494 e. The highest BCUT2D eigenvalue weighted by Crippen LogP contribution is 2.23. The topological polar surface area (TPSA) is 114 Å². The van der Waals surface area contributed by atoms with Crippen LogP contribution < -0.4 is 14.5 Å². The van der Waals surface area contributed by atoms with Crippen LogP contribution in [0.5, 0.6) is 11.5 Å². The number of hydrogen-bond acceptors (Lipinski definition) is 8. The summed E-state index contributed by atoms with van der Waals surface area (Å²) < 4.78 is 41.9. The second-order valence-corrected chi connectivity index (χ2v) is 8.15. The average molecular weight is 458 g/mol. The third-order valence-corrected chi connectivity index (χ3v) is 5.52. The van der Waals surface area contributed by atoms with Crippen LogP contribution in [0.15, 0.2) is 64.3 Å². The molecule has 0 radical (unpaired) electrons. The molecule has 32 heavy (non-hydrogen) atoms. The summed E-state index contributed by atoms with van der Waals surface area (Å²) in [6.45, 7) is 5.72. The lowest BCUT2D eigenvalue weighted by molar-refractivity contribution is 0.0515. The Kier molecular flexibility index (Phi) is 6.94. The molecule has 0 atom stereocenters. The van der Waals surface area contributed by atoms with Gasteiger partial charge in [-0.05, 0) is 57.2 Å². The monoisotopic (exact) mass is 458 g/mol. The molecule has 0 spiro atoms. The molecule has 0 aliphatic heterocycles. The second-order valence-electron chi connectivity index (χ2n) is 6.61. The van der Waals surface area contributed by atoms with E-state index in [9.17, 15) is 18.0 Å². The van der Waals surface area contributed by atoms with Crippen molar-refractivity contribution >= 4 is 16.1 Å². The first-order valence-corrected chi connectivity index (χ1v) is 11.2. The molecule has 0 saturated carbocycles. The molecule has 0 aliphatic carbocycles. The molecule has 0 bridgehead atoms. The van der Waals surface area contributed by atoms with Crippen molar-refractivity contribution in [1.29, 1.82) is 0 Å². The van der Waals surface area contributed by atoms with Crippen molar-refractivity contribution < 1.29 is 26.9 Å². The Hall–Kier alpha value is -3.66. The minimum absolute atomic E-state index is 0.0231. The van der Waals surface area contributed by atoms with Crippen LogP contribution in [0.2, 0.25) is 0 Å². The fraction of sp³-hybridized carbons (Fsp3) is 0.227.